The fourth-order valence-corrected chi connectivity index (χ4v) is 5.68. The predicted octanol–water partition coefficient (Wildman–Crippen LogP) is 9.75. The normalized spacial score (nSPS) is 14.5. The van der Waals surface area contributed by atoms with Crippen LogP contribution >= 0.6 is 7.82 Å². The van der Waals surface area contributed by atoms with Gasteiger partial charge in [-0.05, 0) is 51.4 Å². The van der Waals surface area contributed by atoms with Gasteiger partial charge in [0, 0.05) is 13.0 Å². The number of carboxylic acids is 1. The number of rotatable bonds is 36. The van der Waals surface area contributed by atoms with Crippen LogP contribution in [0.25, 0.3) is 0 Å². The summed E-state index contributed by atoms with van der Waals surface area (Å²) >= 11 is 0. The smallest absolute Gasteiger partial charge is 0.472 e. The van der Waals surface area contributed by atoms with Crippen molar-refractivity contribution in [3.8, 4) is 0 Å². The van der Waals surface area contributed by atoms with Crippen molar-refractivity contribution in [1.29, 1.82) is 0 Å². The zero-order chi connectivity index (χ0) is 36.3. The van der Waals surface area contributed by atoms with Gasteiger partial charge in [0.1, 0.15) is 12.1 Å². The molecular formula is C38H70NO9P. The zero-order valence-corrected chi connectivity index (χ0v) is 31.7. The van der Waals surface area contributed by atoms with E-state index in [1.54, 1.807) is 0 Å². The van der Waals surface area contributed by atoms with Gasteiger partial charge in [0.05, 0.1) is 19.8 Å². The molecule has 3 unspecified atom stereocenters. The first-order chi connectivity index (χ1) is 23.7. The molecule has 0 rings (SSSR count). The second-order valence-electron chi connectivity index (χ2n) is 12.7. The Bertz CT molecular complexity index is 925. The summed E-state index contributed by atoms with van der Waals surface area (Å²) in [5.41, 5.74) is 5.32. The number of carbonyl (C=O) groups is 2. The summed E-state index contributed by atoms with van der Waals surface area (Å²) < 4.78 is 33.1. The van der Waals surface area contributed by atoms with Crippen LogP contribution in [0.5, 0.6) is 0 Å². The topological polar surface area (TPSA) is 155 Å². The summed E-state index contributed by atoms with van der Waals surface area (Å²) in [7, 11) is -4.60. The average Bonchev–Trinajstić information content (AvgIpc) is 3.07. The van der Waals surface area contributed by atoms with Crippen LogP contribution in [0.15, 0.2) is 36.5 Å². The Morgan fingerprint density at radius 1 is 0.653 bits per heavy atom. The van der Waals surface area contributed by atoms with Gasteiger partial charge in [0.15, 0.2) is 0 Å². The third-order valence-electron chi connectivity index (χ3n) is 7.92. The molecule has 0 radical (unpaired) electrons. The van der Waals surface area contributed by atoms with Gasteiger partial charge in [-0.2, -0.15) is 0 Å². The van der Waals surface area contributed by atoms with E-state index in [9.17, 15) is 19.0 Å². The van der Waals surface area contributed by atoms with Gasteiger partial charge in [-0.25, -0.2) is 4.57 Å². The van der Waals surface area contributed by atoms with Crippen molar-refractivity contribution in [1.82, 2.24) is 0 Å². The van der Waals surface area contributed by atoms with Crippen LogP contribution in [-0.2, 0) is 32.7 Å². The number of unbranched alkanes of at least 4 members (excludes halogenated alkanes) is 16. The molecule has 286 valence electrons. The van der Waals surface area contributed by atoms with E-state index in [2.05, 4.69) is 54.8 Å². The minimum atomic E-state index is -4.60. The summed E-state index contributed by atoms with van der Waals surface area (Å²) in [5, 5.41) is 8.84. The van der Waals surface area contributed by atoms with Crippen molar-refractivity contribution < 1.29 is 42.7 Å². The Morgan fingerprint density at radius 2 is 1.12 bits per heavy atom. The highest BCUT2D eigenvalue weighted by Crippen LogP contribution is 2.43. The molecule has 11 heteroatoms. The summed E-state index contributed by atoms with van der Waals surface area (Å²) in [4.78, 5) is 33.2. The first-order valence-electron chi connectivity index (χ1n) is 19.0. The van der Waals surface area contributed by atoms with Gasteiger partial charge in [-0.1, -0.05) is 134 Å². The second-order valence-corrected chi connectivity index (χ2v) is 14.2. The van der Waals surface area contributed by atoms with Crippen LogP contribution in [-0.4, -0.2) is 60.5 Å². The number of phosphoric ester groups is 1. The third-order valence-corrected chi connectivity index (χ3v) is 8.87. The number of hydrogen-bond donors (Lipinski definition) is 3. The SMILES string of the molecule is CCCCC/C=C\C/C=C\C/C=C\CCCCCCCCCOCC(COP(=O)(O)OCC(N)C(=O)O)OC(=O)CCCCCCCCC. The fourth-order valence-electron chi connectivity index (χ4n) is 4.90. The molecule has 0 aromatic carbocycles. The lowest BCUT2D eigenvalue weighted by Gasteiger charge is -2.20. The molecule has 0 saturated heterocycles. The molecule has 0 heterocycles. The molecular weight excluding hydrogens is 645 g/mol. The average molecular weight is 716 g/mol. The van der Waals surface area contributed by atoms with E-state index < -0.39 is 45.1 Å². The van der Waals surface area contributed by atoms with E-state index in [-0.39, 0.29) is 13.0 Å². The Balaban J connectivity index is 4.18. The molecule has 0 aromatic heterocycles. The molecule has 0 saturated carbocycles. The molecule has 0 aliphatic rings. The van der Waals surface area contributed by atoms with Gasteiger partial charge in [-0.15, -0.1) is 0 Å². The Kier molecular flexibility index (Phi) is 33.4. The van der Waals surface area contributed by atoms with Gasteiger partial charge in [0.25, 0.3) is 0 Å². The summed E-state index contributed by atoms with van der Waals surface area (Å²) in [6, 6.07) is -1.47. The van der Waals surface area contributed by atoms with E-state index in [1.807, 2.05) is 0 Å². The summed E-state index contributed by atoms with van der Waals surface area (Å²) in [6.07, 6.45) is 36.5. The first kappa shape index (κ1) is 47.2. The number of nitrogens with two attached hydrogens (primary N) is 1. The molecule has 49 heavy (non-hydrogen) atoms. The molecule has 0 aliphatic carbocycles. The van der Waals surface area contributed by atoms with Crippen LogP contribution in [0.4, 0.5) is 0 Å². The Labute approximate surface area is 297 Å². The lowest BCUT2D eigenvalue weighted by atomic mass is 10.1. The van der Waals surface area contributed by atoms with Crippen molar-refractivity contribution in [3.05, 3.63) is 36.5 Å². The molecule has 10 nitrogen and oxygen atoms in total. The zero-order valence-electron chi connectivity index (χ0n) is 30.8. The maximum absolute atomic E-state index is 12.4. The molecule has 0 bridgehead atoms. The lowest BCUT2D eigenvalue weighted by molar-refractivity contribution is -0.154. The molecule has 0 aromatic rings. The number of ether oxygens (including phenoxy) is 2. The number of phosphoric acid groups is 1. The quantitative estimate of drug-likeness (QED) is 0.0247. The van der Waals surface area contributed by atoms with Crippen molar-refractivity contribution >= 4 is 19.8 Å². The number of carbonyl (C=O) groups excluding carboxylic acids is 1. The minimum absolute atomic E-state index is 0.0108. The maximum atomic E-state index is 12.4. The third kappa shape index (κ3) is 34.4. The van der Waals surface area contributed by atoms with Gasteiger partial charge in [0.2, 0.25) is 0 Å². The van der Waals surface area contributed by atoms with Crippen molar-refractivity contribution in [3.63, 3.8) is 0 Å². The Morgan fingerprint density at radius 3 is 1.71 bits per heavy atom. The van der Waals surface area contributed by atoms with Crippen LogP contribution in [0.2, 0.25) is 0 Å². The summed E-state index contributed by atoms with van der Waals surface area (Å²) in [5.74, 6) is -1.79. The van der Waals surface area contributed by atoms with Gasteiger partial charge in [-0.3, -0.25) is 18.6 Å². The van der Waals surface area contributed by atoms with E-state index in [0.29, 0.717) is 13.0 Å². The molecule has 4 N–H and O–H groups in total. The Hall–Kier alpha value is -1.81. The van der Waals surface area contributed by atoms with E-state index in [1.165, 1.54) is 70.6 Å². The largest absolute Gasteiger partial charge is 0.480 e. The fraction of sp³-hybridized carbons (Fsp3) is 0.789. The van der Waals surface area contributed by atoms with Crippen LogP contribution < -0.4 is 5.73 Å². The molecule has 0 aliphatic heterocycles. The van der Waals surface area contributed by atoms with Crippen LogP contribution in [0.1, 0.15) is 155 Å². The molecule has 0 fully saturated rings. The second kappa shape index (κ2) is 34.6. The highest BCUT2D eigenvalue weighted by atomic mass is 31.2. The summed E-state index contributed by atoms with van der Waals surface area (Å²) in [6.45, 7) is 3.76. The molecule has 3 atom stereocenters. The number of hydrogen-bond acceptors (Lipinski definition) is 8. The highest BCUT2D eigenvalue weighted by molar-refractivity contribution is 7.47. The van der Waals surface area contributed by atoms with E-state index >= 15 is 0 Å². The van der Waals surface area contributed by atoms with E-state index in [4.69, 9.17) is 24.8 Å². The van der Waals surface area contributed by atoms with Crippen LogP contribution in [0.3, 0.4) is 0 Å². The maximum Gasteiger partial charge on any atom is 0.472 e. The van der Waals surface area contributed by atoms with Crippen molar-refractivity contribution in [2.75, 3.05) is 26.4 Å². The number of aliphatic carboxylic acids is 1. The van der Waals surface area contributed by atoms with Crippen molar-refractivity contribution in [2.24, 2.45) is 5.73 Å². The van der Waals surface area contributed by atoms with Crippen molar-refractivity contribution in [2.45, 2.75) is 167 Å². The minimum Gasteiger partial charge on any atom is -0.480 e. The number of esters is 1. The molecule has 0 spiro atoms. The van der Waals surface area contributed by atoms with Gasteiger partial charge >= 0.3 is 19.8 Å². The predicted molar refractivity (Wildman–Crippen MR) is 198 cm³/mol. The lowest BCUT2D eigenvalue weighted by Crippen LogP contribution is -2.34. The highest BCUT2D eigenvalue weighted by Gasteiger charge is 2.27. The van der Waals surface area contributed by atoms with Gasteiger partial charge < -0.3 is 25.2 Å². The van der Waals surface area contributed by atoms with Crippen LogP contribution in [0, 0.1) is 0 Å². The number of carboxylic acid groups (broad SMARTS) is 1. The molecule has 0 amide bonds. The number of allylic oxidation sites excluding steroid dienone is 6. The first-order valence-corrected chi connectivity index (χ1v) is 20.5. The standard InChI is InChI=1S/C38H70NO9P/c1-3-5-7-9-11-12-13-14-15-16-17-18-19-20-21-22-23-25-27-29-31-45-32-35(33-46-49(43,44)47-34-36(39)38(41)42)48-37(40)30-28-26-24-10-8-6-4-2/h11-12,14-15,17-18,35-36H,3-10,13,16,19-34,39H2,1-2H3,(H,41,42)(H,43,44)/b12-11-,15-14-,18-17-. The van der Waals surface area contributed by atoms with E-state index in [0.717, 1.165) is 57.8 Å². The monoisotopic (exact) mass is 715 g/mol.